The van der Waals surface area contributed by atoms with E-state index in [4.69, 9.17) is 0 Å². The maximum absolute atomic E-state index is 12.1. The highest BCUT2D eigenvalue weighted by atomic mass is 16.2. The molecule has 0 aromatic heterocycles. The van der Waals surface area contributed by atoms with E-state index in [0.717, 1.165) is 65.1 Å². The number of rotatable bonds is 7. The number of carbonyl (C=O) groups excluding carboxylic acids is 2. The molecule has 0 radical (unpaired) electrons. The Hall–Kier alpha value is -1.92. The predicted octanol–water partition coefficient (Wildman–Crippen LogP) is 0.585. The molecular formula is C20H30N4O2. The number of benzene rings is 1. The zero-order valence-electron chi connectivity index (χ0n) is 15.5. The lowest BCUT2D eigenvalue weighted by atomic mass is 10.1. The van der Waals surface area contributed by atoms with Crippen molar-refractivity contribution in [1.29, 1.82) is 0 Å². The van der Waals surface area contributed by atoms with Gasteiger partial charge in [-0.15, -0.1) is 0 Å². The fourth-order valence-corrected chi connectivity index (χ4v) is 3.61. The Bertz CT molecular complexity index is 579. The van der Waals surface area contributed by atoms with Gasteiger partial charge in [0.1, 0.15) is 0 Å². The third kappa shape index (κ3) is 5.81. The molecular weight excluding hydrogens is 328 g/mol. The van der Waals surface area contributed by atoms with Gasteiger partial charge in [0.25, 0.3) is 0 Å². The largest absolute Gasteiger partial charge is 0.346 e. The molecule has 1 aromatic carbocycles. The van der Waals surface area contributed by atoms with Gasteiger partial charge >= 0.3 is 0 Å². The van der Waals surface area contributed by atoms with Crippen LogP contribution in [0.3, 0.4) is 0 Å². The molecule has 2 saturated heterocycles. The first kappa shape index (κ1) is 18.9. The van der Waals surface area contributed by atoms with E-state index in [1.165, 1.54) is 5.56 Å². The van der Waals surface area contributed by atoms with E-state index in [-0.39, 0.29) is 18.4 Å². The number of nitrogens with zero attached hydrogens (tertiary/aromatic N) is 3. The van der Waals surface area contributed by atoms with Crippen LogP contribution in [0, 0.1) is 0 Å². The van der Waals surface area contributed by atoms with Gasteiger partial charge in [0.2, 0.25) is 11.8 Å². The van der Waals surface area contributed by atoms with Gasteiger partial charge in [-0.25, -0.2) is 0 Å². The zero-order valence-corrected chi connectivity index (χ0v) is 15.5. The molecule has 2 aliphatic heterocycles. The summed E-state index contributed by atoms with van der Waals surface area (Å²) >= 11 is 0. The number of likely N-dealkylation sites (tertiary alicyclic amines) is 1. The number of carbonyl (C=O) groups is 2. The van der Waals surface area contributed by atoms with Gasteiger partial charge in [-0.1, -0.05) is 30.3 Å². The highest BCUT2D eigenvalue weighted by Crippen LogP contribution is 2.07. The molecule has 0 aliphatic carbocycles. The second-order valence-electron chi connectivity index (χ2n) is 7.22. The van der Waals surface area contributed by atoms with Crippen molar-refractivity contribution in [3.05, 3.63) is 35.9 Å². The zero-order chi connectivity index (χ0) is 18.2. The first-order valence-electron chi connectivity index (χ1n) is 9.74. The Kier molecular flexibility index (Phi) is 7.03. The Morgan fingerprint density at radius 1 is 0.885 bits per heavy atom. The van der Waals surface area contributed by atoms with Gasteiger partial charge in [-0.05, 0) is 24.8 Å². The van der Waals surface area contributed by atoms with Crippen LogP contribution in [0.2, 0.25) is 0 Å². The second-order valence-corrected chi connectivity index (χ2v) is 7.22. The van der Waals surface area contributed by atoms with Gasteiger partial charge in [0, 0.05) is 45.8 Å². The minimum atomic E-state index is -0.0460. The number of piperazine rings is 1. The summed E-state index contributed by atoms with van der Waals surface area (Å²) in [6.45, 7) is 7.05. The van der Waals surface area contributed by atoms with Crippen LogP contribution in [0.25, 0.3) is 0 Å². The lowest BCUT2D eigenvalue weighted by Gasteiger charge is -2.34. The van der Waals surface area contributed by atoms with Crippen LogP contribution in [0.15, 0.2) is 30.3 Å². The third-order valence-corrected chi connectivity index (χ3v) is 5.29. The fourth-order valence-electron chi connectivity index (χ4n) is 3.61. The summed E-state index contributed by atoms with van der Waals surface area (Å²) in [4.78, 5) is 30.5. The van der Waals surface area contributed by atoms with Crippen LogP contribution >= 0.6 is 0 Å². The van der Waals surface area contributed by atoms with Crippen molar-refractivity contribution in [1.82, 2.24) is 20.0 Å². The highest BCUT2D eigenvalue weighted by molar-refractivity contribution is 5.85. The van der Waals surface area contributed by atoms with Crippen LogP contribution in [0.1, 0.15) is 18.4 Å². The molecule has 2 amide bonds. The topological polar surface area (TPSA) is 55.9 Å². The first-order valence-corrected chi connectivity index (χ1v) is 9.74. The van der Waals surface area contributed by atoms with E-state index in [9.17, 15) is 9.59 Å². The van der Waals surface area contributed by atoms with Gasteiger partial charge in [0.15, 0.2) is 0 Å². The Balaban J connectivity index is 1.29. The summed E-state index contributed by atoms with van der Waals surface area (Å²) in [7, 11) is 0. The van der Waals surface area contributed by atoms with Crippen molar-refractivity contribution < 1.29 is 9.59 Å². The van der Waals surface area contributed by atoms with E-state index in [1.807, 2.05) is 11.0 Å². The van der Waals surface area contributed by atoms with Crippen LogP contribution in [0.5, 0.6) is 0 Å². The number of amides is 2. The van der Waals surface area contributed by atoms with Crippen molar-refractivity contribution in [2.24, 2.45) is 0 Å². The molecule has 2 aliphatic rings. The molecule has 0 bridgehead atoms. The highest BCUT2D eigenvalue weighted by Gasteiger charge is 2.21. The minimum Gasteiger partial charge on any atom is -0.346 e. The molecule has 1 aromatic rings. The quantitative estimate of drug-likeness (QED) is 0.775. The molecule has 142 valence electrons. The van der Waals surface area contributed by atoms with Crippen molar-refractivity contribution >= 4 is 11.8 Å². The average Bonchev–Trinajstić information content (AvgIpc) is 3.21. The molecule has 26 heavy (non-hydrogen) atoms. The molecule has 2 heterocycles. The van der Waals surface area contributed by atoms with E-state index in [0.29, 0.717) is 6.54 Å². The van der Waals surface area contributed by atoms with Crippen molar-refractivity contribution in [2.75, 3.05) is 58.9 Å². The molecule has 6 heteroatoms. The summed E-state index contributed by atoms with van der Waals surface area (Å²) in [5.41, 5.74) is 1.37. The van der Waals surface area contributed by atoms with E-state index in [2.05, 4.69) is 39.4 Å². The minimum absolute atomic E-state index is 0.0431. The number of hydrogen-bond acceptors (Lipinski definition) is 4. The monoisotopic (exact) mass is 358 g/mol. The average molecular weight is 358 g/mol. The van der Waals surface area contributed by atoms with E-state index < -0.39 is 0 Å². The van der Waals surface area contributed by atoms with Crippen molar-refractivity contribution in [3.8, 4) is 0 Å². The van der Waals surface area contributed by atoms with Gasteiger partial charge in [0.05, 0.1) is 13.1 Å². The first-order chi connectivity index (χ1) is 12.7. The van der Waals surface area contributed by atoms with Crippen LogP contribution < -0.4 is 5.32 Å². The summed E-state index contributed by atoms with van der Waals surface area (Å²) in [6.07, 6.45) is 3.22. The summed E-state index contributed by atoms with van der Waals surface area (Å²) in [6, 6.07) is 10.6. The molecule has 3 rings (SSSR count). The summed E-state index contributed by atoms with van der Waals surface area (Å²) < 4.78 is 0. The van der Waals surface area contributed by atoms with E-state index >= 15 is 0 Å². The predicted molar refractivity (Wildman–Crippen MR) is 102 cm³/mol. The molecule has 2 fully saturated rings. The third-order valence-electron chi connectivity index (χ3n) is 5.29. The number of nitrogens with one attached hydrogen (secondary N) is 1. The van der Waals surface area contributed by atoms with Gasteiger partial charge in [-0.3, -0.25) is 14.5 Å². The molecule has 0 unspecified atom stereocenters. The lowest BCUT2D eigenvalue weighted by Crippen LogP contribution is -2.50. The Morgan fingerprint density at radius 3 is 2.23 bits per heavy atom. The molecule has 0 saturated carbocycles. The normalized spacial score (nSPS) is 18.8. The maximum atomic E-state index is 12.1. The molecule has 1 N–H and O–H groups in total. The van der Waals surface area contributed by atoms with Crippen molar-refractivity contribution in [2.45, 2.75) is 19.3 Å². The van der Waals surface area contributed by atoms with Gasteiger partial charge in [-0.2, -0.15) is 0 Å². The number of hydrogen-bond donors (Lipinski definition) is 1. The van der Waals surface area contributed by atoms with Crippen LogP contribution in [-0.4, -0.2) is 85.4 Å². The maximum Gasteiger partial charge on any atom is 0.241 e. The summed E-state index contributed by atoms with van der Waals surface area (Å²) in [5, 5.41) is 2.78. The van der Waals surface area contributed by atoms with Gasteiger partial charge < -0.3 is 15.1 Å². The van der Waals surface area contributed by atoms with E-state index in [1.54, 1.807) is 0 Å². The second kappa shape index (κ2) is 9.69. The lowest BCUT2D eigenvalue weighted by molar-refractivity contribution is -0.132. The Morgan fingerprint density at radius 2 is 1.54 bits per heavy atom. The smallest absolute Gasteiger partial charge is 0.241 e. The van der Waals surface area contributed by atoms with Crippen LogP contribution in [-0.2, 0) is 16.0 Å². The fraction of sp³-hybridized carbons (Fsp3) is 0.600. The molecule has 0 spiro atoms. The Labute approximate surface area is 156 Å². The standard InChI is InChI=1S/C20H30N4O2/c25-19(21-16-20(26)24-9-4-5-10-24)17-23-14-12-22(13-15-23)11-8-18-6-2-1-3-7-18/h1-3,6-7H,4-5,8-17H2,(H,21,25). The van der Waals surface area contributed by atoms with Crippen LogP contribution in [0.4, 0.5) is 0 Å². The van der Waals surface area contributed by atoms with Crippen molar-refractivity contribution in [3.63, 3.8) is 0 Å². The SMILES string of the molecule is O=C(CN1CCN(CCc2ccccc2)CC1)NCC(=O)N1CCCC1. The molecule has 0 atom stereocenters. The molecule has 6 nitrogen and oxygen atoms in total. The summed E-state index contributed by atoms with van der Waals surface area (Å²) in [5.74, 6) is -0.00290.